The summed E-state index contributed by atoms with van der Waals surface area (Å²) in [7, 11) is 0. The molecule has 0 aromatic heterocycles. The SMILES string of the molecule is CC(O)(CO)CNCc1ccc(F)c(Cl)c1. The third-order valence-electron chi connectivity index (χ3n) is 2.16. The Labute approximate surface area is 98.9 Å². The molecule has 0 saturated carbocycles. The van der Waals surface area contributed by atoms with E-state index < -0.39 is 11.4 Å². The largest absolute Gasteiger partial charge is 0.393 e. The lowest BCUT2D eigenvalue weighted by atomic mass is 10.1. The van der Waals surface area contributed by atoms with Crippen molar-refractivity contribution >= 4 is 11.6 Å². The lowest BCUT2D eigenvalue weighted by Gasteiger charge is -2.20. The average molecular weight is 248 g/mol. The molecule has 3 nitrogen and oxygen atoms in total. The van der Waals surface area contributed by atoms with Crippen LogP contribution in [0.15, 0.2) is 18.2 Å². The second-order valence-corrected chi connectivity index (χ2v) is 4.41. The minimum absolute atomic E-state index is 0.0771. The normalized spacial score (nSPS) is 14.8. The van der Waals surface area contributed by atoms with Crippen molar-refractivity contribution in [1.29, 1.82) is 0 Å². The smallest absolute Gasteiger partial charge is 0.141 e. The summed E-state index contributed by atoms with van der Waals surface area (Å²) >= 11 is 5.62. The summed E-state index contributed by atoms with van der Waals surface area (Å²) in [6.45, 7) is 1.91. The zero-order valence-corrected chi connectivity index (χ0v) is 9.76. The van der Waals surface area contributed by atoms with Crippen LogP contribution in [0.1, 0.15) is 12.5 Å². The molecule has 90 valence electrons. The van der Waals surface area contributed by atoms with Crippen LogP contribution in [0.25, 0.3) is 0 Å². The highest BCUT2D eigenvalue weighted by Crippen LogP contribution is 2.15. The first-order valence-corrected chi connectivity index (χ1v) is 5.30. The Balaban J connectivity index is 2.46. The first-order chi connectivity index (χ1) is 7.44. The number of rotatable bonds is 5. The molecule has 3 N–H and O–H groups in total. The minimum Gasteiger partial charge on any atom is -0.393 e. The molecule has 0 saturated heterocycles. The van der Waals surface area contributed by atoms with E-state index in [9.17, 15) is 9.50 Å². The average Bonchev–Trinajstić information content (AvgIpc) is 2.23. The van der Waals surface area contributed by atoms with E-state index in [1.165, 1.54) is 19.1 Å². The third-order valence-corrected chi connectivity index (χ3v) is 2.45. The summed E-state index contributed by atoms with van der Waals surface area (Å²) in [5.41, 5.74) is -0.329. The van der Waals surface area contributed by atoms with Crippen LogP contribution in [0.2, 0.25) is 5.02 Å². The number of aliphatic hydroxyl groups is 2. The predicted molar refractivity (Wildman–Crippen MR) is 60.8 cm³/mol. The van der Waals surface area contributed by atoms with Crippen LogP contribution in [0.4, 0.5) is 4.39 Å². The van der Waals surface area contributed by atoms with Gasteiger partial charge in [0.25, 0.3) is 0 Å². The summed E-state index contributed by atoms with van der Waals surface area (Å²) in [5, 5.41) is 21.3. The van der Waals surface area contributed by atoms with E-state index in [4.69, 9.17) is 16.7 Å². The zero-order valence-electron chi connectivity index (χ0n) is 9.00. The van der Waals surface area contributed by atoms with Crippen molar-refractivity contribution < 1.29 is 14.6 Å². The fourth-order valence-electron chi connectivity index (χ4n) is 1.18. The van der Waals surface area contributed by atoms with Gasteiger partial charge in [0.05, 0.1) is 17.2 Å². The Morgan fingerprint density at radius 2 is 2.19 bits per heavy atom. The van der Waals surface area contributed by atoms with Gasteiger partial charge in [-0.25, -0.2) is 4.39 Å². The minimum atomic E-state index is -1.15. The Kier molecular flexibility index (Phi) is 4.68. The van der Waals surface area contributed by atoms with Crippen LogP contribution < -0.4 is 5.32 Å². The van der Waals surface area contributed by atoms with Gasteiger partial charge >= 0.3 is 0 Å². The zero-order chi connectivity index (χ0) is 12.2. The molecule has 1 atom stereocenters. The maximum Gasteiger partial charge on any atom is 0.141 e. The number of hydrogen-bond acceptors (Lipinski definition) is 3. The first kappa shape index (κ1) is 13.4. The maximum absolute atomic E-state index is 12.8. The maximum atomic E-state index is 12.8. The summed E-state index contributed by atoms with van der Waals surface area (Å²) < 4.78 is 12.8. The predicted octanol–water partition coefficient (Wildman–Crippen LogP) is 1.31. The van der Waals surface area contributed by atoms with E-state index in [1.54, 1.807) is 6.07 Å². The Hall–Kier alpha value is -0.680. The molecule has 0 aliphatic carbocycles. The monoisotopic (exact) mass is 247 g/mol. The first-order valence-electron chi connectivity index (χ1n) is 4.92. The molecule has 0 heterocycles. The standard InChI is InChI=1S/C11H15ClFNO2/c1-11(16,7-15)6-14-5-8-2-3-10(13)9(12)4-8/h2-4,14-16H,5-7H2,1H3. The number of hydrogen-bond donors (Lipinski definition) is 3. The molecule has 0 spiro atoms. The molecule has 16 heavy (non-hydrogen) atoms. The van der Waals surface area contributed by atoms with Gasteiger partial charge in [0.15, 0.2) is 0 Å². The molecule has 0 radical (unpaired) electrons. The van der Waals surface area contributed by atoms with Gasteiger partial charge in [-0.05, 0) is 24.6 Å². The van der Waals surface area contributed by atoms with Gasteiger partial charge in [-0.2, -0.15) is 0 Å². The number of aliphatic hydroxyl groups excluding tert-OH is 1. The fraction of sp³-hybridized carbons (Fsp3) is 0.455. The molecule has 1 unspecified atom stereocenters. The molecule has 0 amide bonds. The lowest BCUT2D eigenvalue weighted by molar-refractivity contribution is 0.00254. The van der Waals surface area contributed by atoms with Crippen molar-refractivity contribution in [2.24, 2.45) is 0 Å². The number of benzene rings is 1. The van der Waals surface area contributed by atoms with Crippen LogP contribution >= 0.6 is 11.6 Å². The number of halogens is 2. The van der Waals surface area contributed by atoms with Crippen molar-refractivity contribution in [1.82, 2.24) is 5.32 Å². The molecular formula is C11H15ClFNO2. The molecule has 1 rings (SSSR count). The van der Waals surface area contributed by atoms with Gasteiger partial charge in [-0.1, -0.05) is 17.7 Å². The summed E-state index contributed by atoms with van der Waals surface area (Å²) in [6.07, 6.45) is 0. The highest BCUT2D eigenvalue weighted by Gasteiger charge is 2.17. The Morgan fingerprint density at radius 3 is 2.75 bits per heavy atom. The van der Waals surface area contributed by atoms with Crippen molar-refractivity contribution in [2.75, 3.05) is 13.2 Å². The van der Waals surface area contributed by atoms with Crippen LogP contribution in [0.3, 0.4) is 0 Å². The van der Waals surface area contributed by atoms with E-state index in [0.717, 1.165) is 5.56 Å². The molecule has 0 bridgehead atoms. The van der Waals surface area contributed by atoms with Gasteiger partial charge in [0.2, 0.25) is 0 Å². The summed E-state index contributed by atoms with van der Waals surface area (Å²) in [5.74, 6) is -0.451. The van der Waals surface area contributed by atoms with Crippen molar-refractivity contribution in [3.8, 4) is 0 Å². The quantitative estimate of drug-likeness (QED) is 0.736. The Morgan fingerprint density at radius 1 is 1.50 bits per heavy atom. The topological polar surface area (TPSA) is 52.5 Å². The lowest BCUT2D eigenvalue weighted by Crippen LogP contribution is -2.40. The molecule has 1 aromatic rings. The number of nitrogens with one attached hydrogen (secondary N) is 1. The van der Waals surface area contributed by atoms with Gasteiger partial charge < -0.3 is 15.5 Å². The van der Waals surface area contributed by atoms with Crippen molar-refractivity contribution in [2.45, 2.75) is 19.1 Å². The van der Waals surface area contributed by atoms with Gasteiger partial charge in [-0.3, -0.25) is 0 Å². The van der Waals surface area contributed by atoms with Crippen LogP contribution in [-0.4, -0.2) is 29.0 Å². The van der Waals surface area contributed by atoms with Gasteiger partial charge in [-0.15, -0.1) is 0 Å². The third kappa shape index (κ3) is 4.06. The van der Waals surface area contributed by atoms with Crippen LogP contribution in [-0.2, 0) is 6.54 Å². The second-order valence-electron chi connectivity index (χ2n) is 4.01. The fourth-order valence-corrected chi connectivity index (χ4v) is 1.38. The highest BCUT2D eigenvalue weighted by atomic mass is 35.5. The second kappa shape index (κ2) is 5.59. The van der Waals surface area contributed by atoms with E-state index in [2.05, 4.69) is 5.32 Å². The highest BCUT2D eigenvalue weighted by molar-refractivity contribution is 6.30. The van der Waals surface area contributed by atoms with Crippen molar-refractivity contribution in [3.05, 3.63) is 34.6 Å². The van der Waals surface area contributed by atoms with Gasteiger partial charge in [0, 0.05) is 13.1 Å². The van der Waals surface area contributed by atoms with Crippen molar-refractivity contribution in [3.63, 3.8) is 0 Å². The van der Waals surface area contributed by atoms with E-state index >= 15 is 0 Å². The van der Waals surface area contributed by atoms with E-state index in [-0.39, 0.29) is 18.2 Å². The van der Waals surface area contributed by atoms with Gasteiger partial charge in [0.1, 0.15) is 5.82 Å². The Bertz CT molecular complexity index is 358. The summed E-state index contributed by atoms with van der Waals surface area (Å²) in [4.78, 5) is 0. The molecule has 0 fully saturated rings. The van der Waals surface area contributed by atoms with E-state index in [1.807, 2.05) is 0 Å². The van der Waals surface area contributed by atoms with Crippen LogP contribution in [0.5, 0.6) is 0 Å². The molecule has 1 aromatic carbocycles. The van der Waals surface area contributed by atoms with Crippen LogP contribution in [0, 0.1) is 5.82 Å². The molecule has 5 heteroatoms. The molecule has 0 aliphatic heterocycles. The molecule has 0 aliphatic rings. The molecular weight excluding hydrogens is 233 g/mol. The van der Waals surface area contributed by atoms with E-state index in [0.29, 0.717) is 6.54 Å². The summed E-state index contributed by atoms with van der Waals surface area (Å²) in [6, 6.07) is 4.43.